The van der Waals surface area contributed by atoms with Crippen molar-refractivity contribution >= 4 is 39.9 Å². The average Bonchev–Trinajstić information content (AvgIpc) is 3.14. The number of rotatable bonds is 4. The van der Waals surface area contributed by atoms with Crippen molar-refractivity contribution < 1.29 is 0 Å². The summed E-state index contributed by atoms with van der Waals surface area (Å²) < 4.78 is 1.64. The first-order valence-corrected chi connectivity index (χ1v) is 10.5. The third-order valence-electron chi connectivity index (χ3n) is 4.66. The van der Waals surface area contributed by atoms with Crippen LogP contribution in [0.1, 0.15) is 0 Å². The largest absolute Gasteiger partial charge is 0.319 e. The number of aromatic nitrogens is 5. The number of hydrogen-bond acceptors (Lipinski definition) is 7. The maximum atomic E-state index is 12.3. The van der Waals surface area contributed by atoms with Crippen molar-refractivity contribution in [3.8, 4) is 11.4 Å². The summed E-state index contributed by atoms with van der Waals surface area (Å²) in [6.45, 7) is 0. The summed E-state index contributed by atoms with van der Waals surface area (Å²) in [5.41, 5.74) is 2.29. The minimum absolute atomic E-state index is 0.311. The predicted molar refractivity (Wildman–Crippen MR) is 119 cm³/mol. The molecule has 0 bridgehead atoms. The molecule has 0 aliphatic rings. The molecule has 3 heterocycles. The molecule has 5 rings (SSSR count). The number of nitrogens with zero attached hydrogens (tertiary/aromatic N) is 5. The Morgan fingerprint density at radius 2 is 1.73 bits per heavy atom. The highest BCUT2D eigenvalue weighted by Crippen LogP contribution is 2.30. The zero-order valence-electron chi connectivity index (χ0n) is 16.0. The Morgan fingerprint density at radius 3 is 2.63 bits per heavy atom. The predicted octanol–water partition coefficient (Wildman–Crippen LogP) is 4.17. The van der Waals surface area contributed by atoms with E-state index in [4.69, 9.17) is 10.1 Å². The first-order chi connectivity index (χ1) is 14.7. The molecule has 8 heteroatoms. The molecule has 0 aliphatic heterocycles. The Balaban J connectivity index is 1.77. The summed E-state index contributed by atoms with van der Waals surface area (Å²) in [6.07, 6.45) is 3.49. The number of anilines is 2. The first-order valence-electron chi connectivity index (χ1n) is 9.26. The van der Waals surface area contributed by atoms with Gasteiger partial charge in [0.1, 0.15) is 5.69 Å². The topological polar surface area (TPSA) is 85.1 Å². The summed E-state index contributed by atoms with van der Waals surface area (Å²) in [5, 5.41) is 8.70. The molecule has 0 saturated heterocycles. The van der Waals surface area contributed by atoms with Gasteiger partial charge in [0.25, 0.3) is 5.56 Å². The minimum atomic E-state index is -0.379. The van der Waals surface area contributed by atoms with Crippen molar-refractivity contribution in [3.63, 3.8) is 0 Å². The van der Waals surface area contributed by atoms with Gasteiger partial charge in [-0.2, -0.15) is 4.52 Å². The molecule has 0 unspecified atom stereocenters. The van der Waals surface area contributed by atoms with Gasteiger partial charge in [0.2, 0.25) is 5.95 Å². The second-order valence-electron chi connectivity index (χ2n) is 6.50. The molecule has 2 aromatic carbocycles. The molecule has 30 heavy (non-hydrogen) atoms. The third kappa shape index (κ3) is 3.17. The number of fused-ring (bicyclic) bond motifs is 3. The Kier molecular flexibility index (Phi) is 4.61. The molecule has 0 radical (unpaired) electrons. The molecule has 7 nitrogen and oxygen atoms in total. The Hall–Kier alpha value is -3.78. The van der Waals surface area contributed by atoms with Crippen LogP contribution in [0.15, 0.2) is 82.6 Å². The van der Waals surface area contributed by atoms with Crippen molar-refractivity contribution in [3.05, 3.63) is 83.3 Å². The van der Waals surface area contributed by atoms with Gasteiger partial charge in [-0.15, -0.1) is 16.9 Å². The highest BCUT2D eigenvalue weighted by molar-refractivity contribution is 7.98. The fourth-order valence-corrected chi connectivity index (χ4v) is 3.84. The van der Waals surface area contributed by atoms with E-state index in [9.17, 15) is 4.79 Å². The van der Waals surface area contributed by atoms with E-state index in [0.29, 0.717) is 23.1 Å². The number of benzene rings is 2. The fraction of sp³-hybridized carbons (Fsp3) is 0.0455. The molecule has 0 amide bonds. The monoisotopic (exact) mass is 412 g/mol. The molecule has 1 N–H and O–H groups in total. The first kappa shape index (κ1) is 18.3. The molecule has 5 aromatic rings. The Morgan fingerprint density at radius 1 is 0.933 bits per heavy atom. The van der Waals surface area contributed by atoms with Gasteiger partial charge in [0.05, 0.1) is 5.52 Å². The molecule has 0 spiro atoms. The van der Waals surface area contributed by atoms with Gasteiger partial charge in [0, 0.05) is 22.0 Å². The highest BCUT2D eigenvalue weighted by atomic mass is 32.2. The zero-order valence-corrected chi connectivity index (χ0v) is 16.8. The average molecular weight is 412 g/mol. The standard InChI is InChI=1S/C22H16N6OS/c1-30-18-12-5-3-9-15(18)19-26-20-14-8-2-4-10-16(14)24-22(28(20)27-19)25-17-11-6-7-13-23-21(17)29/h2-13H,1H3,(H,23,24,25,29). The Bertz CT molecular complexity index is 1450. The summed E-state index contributed by atoms with van der Waals surface area (Å²) in [7, 11) is 0. The van der Waals surface area contributed by atoms with E-state index in [2.05, 4.69) is 15.3 Å². The summed E-state index contributed by atoms with van der Waals surface area (Å²) in [5.74, 6) is 0.995. The second-order valence-corrected chi connectivity index (χ2v) is 7.35. The molecule has 0 aliphatic carbocycles. The van der Waals surface area contributed by atoms with Crippen LogP contribution < -0.4 is 10.9 Å². The molecule has 0 saturated carbocycles. The third-order valence-corrected chi connectivity index (χ3v) is 5.45. The van der Waals surface area contributed by atoms with E-state index in [1.165, 1.54) is 6.20 Å². The quantitative estimate of drug-likeness (QED) is 0.444. The zero-order chi connectivity index (χ0) is 20.5. The fourth-order valence-electron chi connectivity index (χ4n) is 3.25. The van der Waals surface area contributed by atoms with Crippen molar-refractivity contribution in [2.24, 2.45) is 0 Å². The van der Waals surface area contributed by atoms with Crippen LogP contribution in [-0.2, 0) is 0 Å². The van der Waals surface area contributed by atoms with Crippen molar-refractivity contribution in [2.45, 2.75) is 4.90 Å². The lowest BCUT2D eigenvalue weighted by Crippen LogP contribution is -2.11. The van der Waals surface area contributed by atoms with E-state index in [1.807, 2.05) is 54.8 Å². The van der Waals surface area contributed by atoms with Gasteiger partial charge in [0.15, 0.2) is 11.5 Å². The van der Waals surface area contributed by atoms with E-state index in [0.717, 1.165) is 21.4 Å². The summed E-state index contributed by atoms with van der Waals surface area (Å²) in [4.78, 5) is 26.7. The maximum Gasteiger partial charge on any atom is 0.293 e. The van der Waals surface area contributed by atoms with Gasteiger partial charge in [-0.1, -0.05) is 30.3 Å². The lowest BCUT2D eigenvalue weighted by molar-refractivity contribution is 0.946. The maximum absolute atomic E-state index is 12.3. The van der Waals surface area contributed by atoms with Crippen molar-refractivity contribution in [2.75, 3.05) is 11.6 Å². The number of thioether (sulfide) groups is 1. The van der Waals surface area contributed by atoms with Crippen LogP contribution in [0.3, 0.4) is 0 Å². The molecule has 3 aromatic heterocycles. The molecular weight excluding hydrogens is 396 g/mol. The molecule has 146 valence electrons. The highest BCUT2D eigenvalue weighted by Gasteiger charge is 2.16. The minimum Gasteiger partial charge on any atom is -0.319 e. The van der Waals surface area contributed by atoms with Gasteiger partial charge in [-0.05, 0) is 42.7 Å². The molecule has 0 fully saturated rings. The van der Waals surface area contributed by atoms with E-state index in [1.54, 1.807) is 34.5 Å². The van der Waals surface area contributed by atoms with Gasteiger partial charge < -0.3 is 5.32 Å². The number of hydrogen-bond donors (Lipinski definition) is 1. The SMILES string of the molecule is CSc1ccccc1-c1nc2c3ccccc3nc(Nc3ccccnc3=O)n2n1. The van der Waals surface area contributed by atoms with Crippen LogP contribution in [0, 0.1) is 0 Å². The van der Waals surface area contributed by atoms with E-state index in [-0.39, 0.29) is 5.56 Å². The van der Waals surface area contributed by atoms with E-state index >= 15 is 0 Å². The van der Waals surface area contributed by atoms with Crippen molar-refractivity contribution in [1.82, 2.24) is 24.6 Å². The van der Waals surface area contributed by atoms with E-state index < -0.39 is 0 Å². The summed E-state index contributed by atoms with van der Waals surface area (Å²) >= 11 is 1.64. The number of para-hydroxylation sites is 1. The number of nitrogens with one attached hydrogen (secondary N) is 1. The molecule has 0 atom stereocenters. The lowest BCUT2D eigenvalue weighted by atomic mass is 10.2. The Labute approximate surface area is 175 Å². The van der Waals surface area contributed by atoms with Gasteiger partial charge in [-0.3, -0.25) is 4.79 Å². The van der Waals surface area contributed by atoms with Crippen LogP contribution in [0.5, 0.6) is 0 Å². The van der Waals surface area contributed by atoms with Gasteiger partial charge >= 0.3 is 0 Å². The van der Waals surface area contributed by atoms with Crippen molar-refractivity contribution in [1.29, 1.82) is 0 Å². The lowest BCUT2D eigenvalue weighted by Gasteiger charge is -2.07. The van der Waals surface area contributed by atoms with Crippen LogP contribution in [0.4, 0.5) is 11.6 Å². The van der Waals surface area contributed by atoms with Crippen LogP contribution in [0.2, 0.25) is 0 Å². The molecular formula is C22H16N6OS. The normalized spacial score (nSPS) is 11.1. The van der Waals surface area contributed by atoms with Crippen LogP contribution in [0.25, 0.3) is 27.9 Å². The summed E-state index contributed by atoms with van der Waals surface area (Å²) in [6, 6.07) is 20.8. The van der Waals surface area contributed by atoms with Gasteiger partial charge in [-0.25, -0.2) is 15.0 Å². The smallest absolute Gasteiger partial charge is 0.293 e. The van der Waals surface area contributed by atoms with Crippen LogP contribution in [-0.4, -0.2) is 30.8 Å². The van der Waals surface area contributed by atoms with Crippen LogP contribution >= 0.6 is 11.8 Å². The second kappa shape index (κ2) is 7.57.